The maximum atomic E-state index is 12.6. The van der Waals surface area contributed by atoms with Crippen molar-refractivity contribution in [2.45, 2.75) is 19.4 Å². The second kappa shape index (κ2) is 10.6. The minimum Gasteiger partial charge on any atom is -0.493 e. The molecule has 31 heavy (non-hydrogen) atoms. The van der Waals surface area contributed by atoms with Gasteiger partial charge in [0.25, 0.3) is 0 Å². The van der Waals surface area contributed by atoms with E-state index in [-0.39, 0.29) is 17.9 Å². The van der Waals surface area contributed by atoms with E-state index in [0.717, 1.165) is 11.3 Å². The van der Waals surface area contributed by atoms with E-state index in [1.165, 1.54) is 0 Å². The van der Waals surface area contributed by atoms with Crippen molar-refractivity contribution in [1.82, 2.24) is 10.2 Å². The highest BCUT2D eigenvalue weighted by Crippen LogP contribution is 2.38. The summed E-state index contributed by atoms with van der Waals surface area (Å²) in [6.07, 6.45) is 1.27. The number of piperidine rings is 1. The topological polar surface area (TPSA) is 89.1 Å². The molecule has 2 aromatic rings. The summed E-state index contributed by atoms with van der Waals surface area (Å²) in [6.45, 7) is 1.39. The Balaban J connectivity index is 1.51. The summed E-state index contributed by atoms with van der Waals surface area (Å²) in [6, 6.07) is 12.9. The van der Waals surface area contributed by atoms with Crippen LogP contribution in [0.3, 0.4) is 0 Å². The number of nitrogens with one attached hydrogen (secondary N) is 2. The van der Waals surface area contributed by atoms with Gasteiger partial charge in [0.05, 0.1) is 21.3 Å². The van der Waals surface area contributed by atoms with Crippen LogP contribution in [-0.2, 0) is 11.3 Å². The van der Waals surface area contributed by atoms with Crippen LogP contribution in [0.5, 0.6) is 17.2 Å². The smallest absolute Gasteiger partial charge is 0.317 e. The summed E-state index contributed by atoms with van der Waals surface area (Å²) < 4.78 is 16.0. The van der Waals surface area contributed by atoms with Crippen LogP contribution in [-0.4, -0.2) is 51.3 Å². The summed E-state index contributed by atoms with van der Waals surface area (Å²) in [5.74, 6) is 1.49. The van der Waals surface area contributed by atoms with Gasteiger partial charge in [-0.3, -0.25) is 4.79 Å². The number of amides is 3. The molecule has 0 aliphatic carbocycles. The predicted molar refractivity (Wildman–Crippen MR) is 118 cm³/mol. The van der Waals surface area contributed by atoms with Gasteiger partial charge in [0.2, 0.25) is 11.7 Å². The molecule has 0 aromatic heterocycles. The zero-order valence-corrected chi connectivity index (χ0v) is 18.1. The van der Waals surface area contributed by atoms with Gasteiger partial charge in [0, 0.05) is 31.2 Å². The number of rotatable bonds is 7. The Labute approximate surface area is 182 Å². The highest BCUT2D eigenvalue weighted by atomic mass is 16.5. The third-order valence-corrected chi connectivity index (χ3v) is 5.36. The van der Waals surface area contributed by atoms with Crippen LogP contribution < -0.4 is 24.8 Å². The number of benzene rings is 2. The summed E-state index contributed by atoms with van der Waals surface area (Å²) in [7, 11) is 4.65. The largest absolute Gasteiger partial charge is 0.493 e. The van der Waals surface area contributed by atoms with Crippen LogP contribution in [0.1, 0.15) is 18.4 Å². The van der Waals surface area contributed by atoms with Crippen LogP contribution in [0.2, 0.25) is 0 Å². The molecule has 1 aliphatic rings. The van der Waals surface area contributed by atoms with E-state index in [9.17, 15) is 9.59 Å². The van der Waals surface area contributed by atoms with Crippen molar-refractivity contribution in [3.05, 3.63) is 48.0 Å². The third-order valence-electron chi connectivity index (χ3n) is 5.36. The molecule has 0 saturated carbocycles. The predicted octanol–water partition coefficient (Wildman–Crippen LogP) is 3.27. The standard InChI is InChI=1S/C23H29N3O5/c1-29-19-13-16(14-20(30-2)21(19)31-3)15-24-23(28)26-11-9-17(10-12-26)22(27)25-18-7-5-4-6-8-18/h4-8,13-14,17H,9-12,15H2,1-3H3,(H,24,28)(H,25,27). The van der Waals surface area contributed by atoms with Gasteiger partial charge in [-0.05, 0) is 42.7 Å². The van der Waals surface area contributed by atoms with E-state index in [1.807, 2.05) is 42.5 Å². The van der Waals surface area contributed by atoms with E-state index in [1.54, 1.807) is 26.2 Å². The average Bonchev–Trinajstić information content (AvgIpc) is 2.82. The number of para-hydroxylation sites is 1. The van der Waals surface area contributed by atoms with Gasteiger partial charge in [0.15, 0.2) is 11.5 Å². The monoisotopic (exact) mass is 427 g/mol. The fraction of sp³-hybridized carbons (Fsp3) is 0.391. The first-order chi connectivity index (χ1) is 15.0. The number of nitrogens with zero attached hydrogens (tertiary/aromatic N) is 1. The van der Waals surface area contributed by atoms with Crippen molar-refractivity contribution >= 4 is 17.6 Å². The Morgan fingerprint density at radius 1 is 0.968 bits per heavy atom. The second-order valence-corrected chi connectivity index (χ2v) is 7.31. The molecule has 8 heteroatoms. The molecule has 0 atom stereocenters. The highest BCUT2D eigenvalue weighted by molar-refractivity contribution is 5.92. The lowest BCUT2D eigenvalue weighted by Crippen LogP contribution is -2.45. The maximum Gasteiger partial charge on any atom is 0.317 e. The quantitative estimate of drug-likeness (QED) is 0.708. The number of ether oxygens (including phenoxy) is 3. The molecule has 1 aliphatic heterocycles. The molecule has 8 nitrogen and oxygen atoms in total. The van der Waals surface area contributed by atoms with E-state index in [4.69, 9.17) is 14.2 Å². The second-order valence-electron chi connectivity index (χ2n) is 7.31. The molecule has 0 unspecified atom stereocenters. The van der Waals surface area contributed by atoms with Crippen molar-refractivity contribution in [1.29, 1.82) is 0 Å². The van der Waals surface area contributed by atoms with Crippen LogP contribution >= 0.6 is 0 Å². The van der Waals surface area contributed by atoms with Crippen molar-refractivity contribution in [2.24, 2.45) is 5.92 Å². The number of anilines is 1. The molecule has 0 radical (unpaired) electrons. The Bertz CT molecular complexity index is 870. The van der Waals surface area contributed by atoms with Crippen LogP contribution in [0, 0.1) is 5.92 Å². The molecule has 0 bridgehead atoms. The maximum absolute atomic E-state index is 12.6. The summed E-state index contributed by atoms with van der Waals surface area (Å²) in [5, 5.41) is 5.87. The first-order valence-corrected chi connectivity index (χ1v) is 10.2. The number of hydrogen-bond donors (Lipinski definition) is 2. The van der Waals surface area contributed by atoms with Gasteiger partial charge in [-0.15, -0.1) is 0 Å². The van der Waals surface area contributed by atoms with E-state index < -0.39 is 0 Å². The molecule has 3 rings (SSSR count). The molecule has 2 N–H and O–H groups in total. The number of carbonyl (C=O) groups excluding carboxylic acids is 2. The van der Waals surface area contributed by atoms with Crippen molar-refractivity contribution in [3.8, 4) is 17.2 Å². The van der Waals surface area contributed by atoms with Crippen molar-refractivity contribution < 1.29 is 23.8 Å². The molecule has 0 spiro atoms. The molecule has 1 heterocycles. The van der Waals surface area contributed by atoms with Gasteiger partial charge in [-0.1, -0.05) is 18.2 Å². The first-order valence-electron chi connectivity index (χ1n) is 10.2. The summed E-state index contributed by atoms with van der Waals surface area (Å²) in [5.41, 5.74) is 1.62. The van der Waals surface area contributed by atoms with Crippen LogP contribution in [0.25, 0.3) is 0 Å². The fourth-order valence-corrected chi connectivity index (χ4v) is 3.64. The number of methoxy groups -OCH3 is 3. The lowest BCUT2D eigenvalue weighted by atomic mass is 9.96. The van der Waals surface area contributed by atoms with Gasteiger partial charge < -0.3 is 29.7 Å². The zero-order chi connectivity index (χ0) is 22.2. The SMILES string of the molecule is COc1cc(CNC(=O)N2CCC(C(=O)Nc3ccccc3)CC2)cc(OC)c1OC. The van der Waals surface area contributed by atoms with Gasteiger partial charge in [-0.25, -0.2) is 4.79 Å². The average molecular weight is 428 g/mol. The highest BCUT2D eigenvalue weighted by Gasteiger charge is 2.27. The lowest BCUT2D eigenvalue weighted by Gasteiger charge is -2.31. The minimum absolute atomic E-state index is 0.00341. The molecule has 2 aromatic carbocycles. The molecular formula is C23H29N3O5. The minimum atomic E-state index is -0.157. The number of carbonyl (C=O) groups is 2. The molecule has 166 valence electrons. The van der Waals surface area contributed by atoms with Gasteiger partial charge in [-0.2, -0.15) is 0 Å². The van der Waals surface area contributed by atoms with E-state index >= 15 is 0 Å². The number of hydrogen-bond acceptors (Lipinski definition) is 5. The Kier molecular flexibility index (Phi) is 7.59. The number of likely N-dealkylation sites (tertiary alicyclic amines) is 1. The first kappa shape index (κ1) is 22.3. The Morgan fingerprint density at radius 3 is 2.13 bits per heavy atom. The normalized spacial score (nSPS) is 14.0. The van der Waals surface area contributed by atoms with Crippen LogP contribution in [0.4, 0.5) is 10.5 Å². The molecule has 1 fully saturated rings. The third kappa shape index (κ3) is 5.59. The van der Waals surface area contributed by atoms with Crippen molar-refractivity contribution in [3.63, 3.8) is 0 Å². The molecule has 3 amide bonds. The fourth-order valence-electron chi connectivity index (χ4n) is 3.64. The summed E-state index contributed by atoms with van der Waals surface area (Å²) in [4.78, 5) is 26.8. The van der Waals surface area contributed by atoms with E-state index in [2.05, 4.69) is 10.6 Å². The van der Waals surface area contributed by atoms with Crippen LogP contribution in [0.15, 0.2) is 42.5 Å². The van der Waals surface area contributed by atoms with E-state index in [0.29, 0.717) is 49.7 Å². The Morgan fingerprint density at radius 2 is 1.58 bits per heavy atom. The Hall–Kier alpha value is -3.42. The number of urea groups is 1. The molecular weight excluding hydrogens is 398 g/mol. The van der Waals surface area contributed by atoms with Crippen molar-refractivity contribution in [2.75, 3.05) is 39.7 Å². The molecule has 1 saturated heterocycles. The summed E-state index contributed by atoms with van der Waals surface area (Å²) >= 11 is 0. The zero-order valence-electron chi connectivity index (χ0n) is 18.1. The lowest BCUT2D eigenvalue weighted by molar-refractivity contribution is -0.121. The van der Waals surface area contributed by atoms with Gasteiger partial charge in [0.1, 0.15) is 0 Å². The van der Waals surface area contributed by atoms with Gasteiger partial charge >= 0.3 is 6.03 Å².